The Bertz CT molecular complexity index is 929. The lowest BCUT2D eigenvalue weighted by atomic mass is 10.0. The van der Waals surface area contributed by atoms with E-state index in [0.717, 1.165) is 47.7 Å². The van der Waals surface area contributed by atoms with E-state index in [4.69, 9.17) is 9.26 Å². The number of carbonyl (C=O) groups excluding carboxylic acids is 1. The van der Waals surface area contributed by atoms with Gasteiger partial charge in [-0.3, -0.25) is 9.89 Å². The number of likely N-dealkylation sites (tertiary alicyclic amines) is 1. The first-order chi connectivity index (χ1) is 13.2. The minimum absolute atomic E-state index is 0.0290. The number of aromatic nitrogens is 3. The molecule has 1 aromatic carbocycles. The third-order valence-electron chi connectivity index (χ3n) is 4.98. The van der Waals surface area contributed by atoms with E-state index in [1.54, 1.807) is 13.3 Å². The van der Waals surface area contributed by atoms with Crippen LogP contribution in [0.15, 0.2) is 41.1 Å². The summed E-state index contributed by atoms with van der Waals surface area (Å²) < 4.78 is 10.6. The molecule has 1 N–H and O–H groups in total. The Morgan fingerprint density at radius 1 is 1.37 bits per heavy atom. The number of benzene rings is 1. The van der Waals surface area contributed by atoms with Crippen molar-refractivity contribution in [1.29, 1.82) is 0 Å². The second-order valence-corrected chi connectivity index (χ2v) is 6.80. The van der Waals surface area contributed by atoms with E-state index in [9.17, 15) is 4.79 Å². The van der Waals surface area contributed by atoms with E-state index in [0.29, 0.717) is 12.2 Å². The van der Waals surface area contributed by atoms with Gasteiger partial charge in [0.1, 0.15) is 5.75 Å². The molecule has 1 amide bonds. The predicted molar refractivity (Wildman–Crippen MR) is 99.2 cm³/mol. The molecule has 0 bridgehead atoms. The molecular formula is C20H22N4O3. The van der Waals surface area contributed by atoms with Crippen molar-refractivity contribution in [2.75, 3.05) is 13.7 Å². The van der Waals surface area contributed by atoms with Gasteiger partial charge in [0.15, 0.2) is 5.76 Å². The van der Waals surface area contributed by atoms with Crippen molar-refractivity contribution >= 4 is 5.91 Å². The van der Waals surface area contributed by atoms with Crippen LogP contribution in [0.5, 0.6) is 5.75 Å². The number of ether oxygens (including phenoxy) is 1. The minimum Gasteiger partial charge on any atom is -0.497 e. The summed E-state index contributed by atoms with van der Waals surface area (Å²) in [5.41, 5.74) is 3.56. The number of carbonyl (C=O) groups is 1. The molecule has 27 heavy (non-hydrogen) atoms. The average Bonchev–Trinajstić information content (AvgIpc) is 3.41. The molecule has 0 spiro atoms. The predicted octanol–water partition coefficient (Wildman–Crippen LogP) is 3.29. The van der Waals surface area contributed by atoms with Crippen molar-refractivity contribution in [2.24, 2.45) is 0 Å². The van der Waals surface area contributed by atoms with Crippen molar-refractivity contribution in [3.8, 4) is 17.1 Å². The molecule has 1 fully saturated rings. The van der Waals surface area contributed by atoms with Crippen molar-refractivity contribution < 1.29 is 14.1 Å². The van der Waals surface area contributed by atoms with Crippen LogP contribution in [0.3, 0.4) is 0 Å². The Labute approximate surface area is 157 Å². The van der Waals surface area contributed by atoms with E-state index in [-0.39, 0.29) is 11.9 Å². The maximum absolute atomic E-state index is 13.0. The van der Waals surface area contributed by atoms with E-state index < -0.39 is 0 Å². The number of aromatic amines is 1. The molecule has 0 aliphatic carbocycles. The molecule has 1 aliphatic heterocycles. The molecule has 7 nitrogen and oxygen atoms in total. The number of nitrogens with zero attached hydrogens (tertiary/aromatic N) is 3. The Hall–Kier alpha value is -3.09. The number of rotatable bonds is 5. The van der Waals surface area contributed by atoms with Gasteiger partial charge in [-0.15, -0.1) is 0 Å². The Morgan fingerprint density at radius 2 is 2.19 bits per heavy atom. The Kier molecular flexibility index (Phi) is 4.66. The molecule has 1 saturated heterocycles. The topological polar surface area (TPSA) is 84.2 Å². The van der Waals surface area contributed by atoms with Crippen LogP contribution in [0.1, 0.15) is 35.8 Å². The SMILES string of the molecule is COc1ccc(CC(=O)N2CCC[C@@H]2c2[nH]ncc2-c2cc(C)no2)cc1. The molecule has 7 heteroatoms. The summed E-state index contributed by atoms with van der Waals surface area (Å²) in [4.78, 5) is 14.9. The van der Waals surface area contributed by atoms with Crippen molar-refractivity contribution in [3.05, 3.63) is 53.5 Å². The third-order valence-corrected chi connectivity index (χ3v) is 4.98. The molecule has 2 aromatic heterocycles. The van der Waals surface area contributed by atoms with Crippen LogP contribution in [-0.4, -0.2) is 39.8 Å². The summed E-state index contributed by atoms with van der Waals surface area (Å²) in [6.07, 6.45) is 3.97. The largest absolute Gasteiger partial charge is 0.497 e. The fourth-order valence-corrected chi connectivity index (χ4v) is 3.62. The molecule has 1 atom stereocenters. The monoisotopic (exact) mass is 366 g/mol. The van der Waals surface area contributed by atoms with Gasteiger partial charge in [-0.05, 0) is 37.5 Å². The average molecular weight is 366 g/mol. The van der Waals surface area contributed by atoms with Gasteiger partial charge in [0.05, 0.1) is 42.7 Å². The van der Waals surface area contributed by atoms with Crippen LogP contribution in [0.2, 0.25) is 0 Å². The molecule has 0 saturated carbocycles. The van der Waals surface area contributed by atoms with Gasteiger partial charge in [-0.2, -0.15) is 5.10 Å². The van der Waals surface area contributed by atoms with Crippen LogP contribution in [0.4, 0.5) is 0 Å². The van der Waals surface area contributed by atoms with Crippen molar-refractivity contribution in [3.63, 3.8) is 0 Å². The molecular weight excluding hydrogens is 344 g/mol. The van der Waals surface area contributed by atoms with Gasteiger partial charge in [-0.1, -0.05) is 17.3 Å². The fourth-order valence-electron chi connectivity index (χ4n) is 3.62. The van der Waals surface area contributed by atoms with E-state index in [2.05, 4.69) is 15.4 Å². The number of methoxy groups -OCH3 is 1. The quantitative estimate of drug-likeness (QED) is 0.749. The number of hydrogen-bond acceptors (Lipinski definition) is 5. The van der Waals surface area contributed by atoms with Crippen molar-refractivity contribution in [2.45, 2.75) is 32.2 Å². The zero-order valence-corrected chi connectivity index (χ0v) is 15.4. The minimum atomic E-state index is -0.0290. The number of H-pyrrole nitrogens is 1. The van der Waals surface area contributed by atoms with Gasteiger partial charge in [-0.25, -0.2) is 0 Å². The van der Waals surface area contributed by atoms with Crippen LogP contribution in [0.25, 0.3) is 11.3 Å². The zero-order valence-electron chi connectivity index (χ0n) is 15.4. The van der Waals surface area contributed by atoms with Gasteiger partial charge in [0.25, 0.3) is 0 Å². The molecule has 4 rings (SSSR count). The highest BCUT2D eigenvalue weighted by atomic mass is 16.5. The van der Waals surface area contributed by atoms with Crippen LogP contribution < -0.4 is 4.74 Å². The summed E-state index contributed by atoms with van der Waals surface area (Å²) >= 11 is 0. The summed E-state index contributed by atoms with van der Waals surface area (Å²) in [6.45, 7) is 2.63. The lowest BCUT2D eigenvalue weighted by Gasteiger charge is -2.24. The molecule has 0 unspecified atom stereocenters. The first kappa shape index (κ1) is 17.3. The maximum atomic E-state index is 13.0. The first-order valence-corrected chi connectivity index (χ1v) is 9.05. The number of amides is 1. The molecule has 0 radical (unpaired) electrons. The fraction of sp³-hybridized carbons (Fsp3) is 0.350. The van der Waals surface area contributed by atoms with Gasteiger partial charge in [0.2, 0.25) is 5.91 Å². The lowest BCUT2D eigenvalue weighted by molar-refractivity contribution is -0.131. The van der Waals surface area contributed by atoms with E-state index in [1.807, 2.05) is 42.2 Å². The smallest absolute Gasteiger partial charge is 0.227 e. The summed E-state index contributed by atoms with van der Waals surface area (Å²) in [5, 5.41) is 11.2. The van der Waals surface area contributed by atoms with Crippen LogP contribution in [-0.2, 0) is 11.2 Å². The van der Waals surface area contributed by atoms with Gasteiger partial charge < -0.3 is 14.2 Å². The first-order valence-electron chi connectivity index (χ1n) is 9.05. The number of hydrogen-bond donors (Lipinski definition) is 1. The van der Waals surface area contributed by atoms with Crippen molar-refractivity contribution in [1.82, 2.24) is 20.3 Å². The maximum Gasteiger partial charge on any atom is 0.227 e. The molecule has 140 valence electrons. The van der Waals surface area contributed by atoms with Gasteiger partial charge in [0, 0.05) is 12.6 Å². The summed E-state index contributed by atoms with van der Waals surface area (Å²) in [5.74, 6) is 1.57. The van der Waals surface area contributed by atoms with Gasteiger partial charge >= 0.3 is 0 Å². The Balaban J connectivity index is 1.54. The molecule has 3 heterocycles. The van der Waals surface area contributed by atoms with E-state index in [1.165, 1.54) is 0 Å². The van der Waals surface area contributed by atoms with Crippen LogP contribution >= 0.6 is 0 Å². The summed E-state index contributed by atoms with van der Waals surface area (Å²) in [6, 6.07) is 9.47. The number of nitrogens with one attached hydrogen (secondary N) is 1. The standard InChI is InChI=1S/C20H22N4O3/c1-13-10-18(27-23-13)16-12-21-22-20(16)17-4-3-9-24(17)19(25)11-14-5-7-15(26-2)8-6-14/h5-8,10,12,17H,3-4,9,11H2,1-2H3,(H,21,22)/t17-/m1/s1. The summed E-state index contributed by atoms with van der Waals surface area (Å²) in [7, 11) is 1.63. The van der Waals surface area contributed by atoms with Crippen LogP contribution in [0, 0.1) is 6.92 Å². The second kappa shape index (κ2) is 7.26. The highest BCUT2D eigenvalue weighted by Crippen LogP contribution is 2.37. The number of aryl methyl sites for hydroxylation is 1. The Morgan fingerprint density at radius 3 is 2.89 bits per heavy atom. The normalized spacial score (nSPS) is 16.7. The highest BCUT2D eigenvalue weighted by Gasteiger charge is 2.33. The lowest BCUT2D eigenvalue weighted by Crippen LogP contribution is -2.32. The third kappa shape index (κ3) is 3.45. The zero-order chi connectivity index (χ0) is 18.8. The second-order valence-electron chi connectivity index (χ2n) is 6.80. The highest BCUT2D eigenvalue weighted by molar-refractivity contribution is 5.80. The molecule has 1 aliphatic rings. The van der Waals surface area contributed by atoms with E-state index >= 15 is 0 Å². The molecule has 3 aromatic rings.